The number of rotatable bonds is 5. The standard InChI is InChI=1S/C23H29F2N5O4/c1-22(2)8-7-14(10-22)30-12-23(24,25)20(33)29(3)16-11-26-21(28-18(16)30)27-15-6-5-13(19(31)32)9-17(15)34-4/h6,9,11,13-14H,5,7-8,10,12H2,1-4H3,(H,31,32)(H,26,27,28). The van der Waals surface area contributed by atoms with Gasteiger partial charge in [0.1, 0.15) is 11.4 Å². The topological polar surface area (TPSA) is 108 Å². The lowest BCUT2D eigenvalue weighted by Gasteiger charge is -2.32. The zero-order valence-corrected chi connectivity index (χ0v) is 19.6. The Balaban J connectivity index is 1.70. The molecule has 1 fully saturated rings. The van der Waals surface area contributed by atoms with Crippen molar-refractivity contribution >= 4 is 29.3 Å². The zero-order chi connectivity index (χ0) is 24.8. The van der Waals surface area contributed by atoms with Gasteiger partial charge in [-0.25, -0.2) is 4.98 Å². The molecule has 2 heterocycles. The maximum atomic E-state index is 14.9. The second-order valence-corrected chi connectivity index (χ2v) is 9.82. The Morgan fingerprint density at radius 3 is 2.71 bits per heavy atom. The number of carbonyl (C=O) groups excluding carboxylic acids is 1. The molecule has 0 radical (unpaired) electrons. The summed E-state index contributed by atoms with van der Waals surface area (Å²) in [6.45, 7) is 3.45. The molecule has 2 atom stereocenters. The molecule has 1 aliphatic heterocycles. The molecule has 1 amide bonds. The number of hydrogen-bond donors (Lipinski definition) is 2. The van der Waals surface area contributed by atoms with Gasteiger partial charge in [-0.3, -0.25) is 9.59 Å². The van der Waals surface area contributed by atoms with Gasteiger partial charge in [0.2, 0.25) is 5.95 Å². The molecule has 3 aliphatic rings. The van der Waals surface area contributed by atoms with E-state index >= 15 is 0 Å². The first kappa shape index (κ1) is 23.9. The highest BCUT2D eigenvalue weighted by Crippen LogP contribution is 2.44. The zero-order valence-electron chi connectivity index (χ0n) is 19.6. The summed E-state index contributed by atoms with van der Waals surface area (Å²) in [5.74, 6) is -5.82. The van der Waals surface area contributed by atoms with Gasteiger partial charge in [0.05, 0.1) is 31.5 Å². The number of ether oxygens (including phenoxy) is 1. The number of nitrogens with zero attached hydrogens (tertiary/aromatic N) is 4. The first-order valence-electron chi connectivity index (χ1n) is 11.2. The number of carboxylic acids is 1. The van der Waals surface area contributed by atoms with Gasteiger partial charge >= 0.3 is 11.9 Å². The number of carboxylic acid groups (broad SMARTS) is 1. The molecule has 1 aromatic heterocycles. The molecule has 11 heteroatoms. The number of halogens is 2. The van der Waals surface area contributed by atoms with E-state index in [0.29, 0.717) is 24.3 Å². The van der Waals surface area contributed by atoms with Crippen molar-refractivity contribution in [1.29, 1.82) is 0 Å². The number of allylic oxidation sites excluding steroid dienone is 1. The van der Waals surface area contributed by atoms with Gasteiger partial charge in [-0.05, 0) is 37.2 Å². The highest BCUT2D eigenvalue weighted by molar-refractivity contribution is 6.02. The Hall–Kier alpha value is -3.24. The van der Waals surface area contributed by atoms with Gasteiger partial charge in [0.25, 0.3) is 5.91 Å². The van der Waals surface area contributed by atoms with Crippen LogP contribution < -0.4 is 15.1 Å². The van der Waals surface area contributed by atoms with E-state index in [-0.39, 0.29) is 35.3 Å². The summed E-state index contributed by atoms with van der Waals surface area (Å²) in [6.07, 6.45) is 7.08. The largest absolute Gasteiger partial charge is 0.495 e. The van der Waals surface area contributed by atoms with Crippen LogP contribution in [0.1, 0.15) is 39.5 Å². The highest BCUT2D eigenvalue weighted by Gasteiger charge is 2.50. The maximum Gasteiger partial charge on any atom is 0.342 e. The van der Waals surface area contributed by atoms with Gasteiger partial charge in [0, 0.05) is 13.1 Å². The van der Waals surface area contributed by atoms with E-state index in [2.05, 4.69) is 29.1 Å². The summed E-state index contributed by atoms with van der Waals surface area (Å²) < 4.78 is 35.0. The maximum absolute atomic E-state index is 14.9. The van der Waals surface area contributed by atoms with Crippen LogP contribution >= 0.6 is 0 Å². The first-order valence-corrected chi connectivity index (χ1v) is 11.2. The number of carbonyl (C=O) groups is 2. The lowest BCUT2D eigenvalue weighted by Crippen LogP contribution is -2.48. The van der Waals surface area contributed by atoms with Gasteiger partial charge in [-0.2, -0.15) is 13.8 Å². The van der Waals surface area contributed by atoms with Crippen molar-refractivity contribution in [3.05, 3.63) is 29.8 Å². The van der Waals surface area contributed by atoms with Crippen molar-refractivity contribution in [3.8, 4) is 0 Å². The predicted octanol–water partition coefficient (Wildman–Crippen LogP) is 3.40. The number of aromatic nitrogens is 2. The third-order valence-electron chi connectivity index (χ3n) is 6.73. The fraction of sp³-hybridized carbons (Fsp3) is 0.565. The van der Waals surface area contributed by atoms with Crippen LogP contribution in [0.15, 0.2) is 29.8 Å². The first-order chi connectivity index (χ1) is 15.9. The second kappa shape index (κ2) is 8.52. The minimum absolute atomic E-state index is 0.00218. The third kappa shape index (κ3) is 4.43. The lowest BCUT2D eigenvalue weighted by molar-refractivity contribution is -0.141. The molecular weight excluding hydrogens is 448 g/mol. The summed E-state index contributed by atoms with van der Waals surface area (Å²) >= 11 is 0. The predicted molar refractivity (Wildman–Crippen MR) is 122 cm³/mol. The summed E-state index contributed by atoms with van der Waals surface area (Å²) in [6, 6.07) is -0.193. The molecule has 0 saturated heterocycles. The van der Waals surface area contributed by atoms with Crippen molar-refractivity contribution in [1.82, 2.24) is 9.97 Å². The van der Waals surface area contributed by atoms with Gasteiger partial charge in [-0.1, -0.05) is 19.9 Å². The van der Waals surface area contributed by atoms with Crippen LogP contribution in [0.3, 0.4) is 0 Å². The minimum Gasteiger partial charge on any atom is -0.495 e. The number of anilines is 3. The summed E-state index contributed by atoms with van der Waals surface area (Å²) in [5, 5.41) is 12.3. The van der Waals surface area contributed by atoms with E-state index in [0.717, 1.165) is 11.3 Å². The van der Waals surface area contributed by atoms with Crippen molar-refractivity contribution in [2.75, 3.05) is 35.8 Å². The number of amides is 1. The van der Waals surface area contributed by atoms with Crippen molar-refractivity contribution < 1.29 is 28.2 Å². The lowest BCUT2D eigenvalue weighted by atomic mass is 9.91. The van der Waals surface area contributed by atoms with Crippen molar-refractivity contribution in [2.24, 2.45) is 11.3 Å². The Labute approximate surface area is 196 Å². The van der Waals surface area contributed by atoms with Gasteiger partial charge < -0.3 is 25.0 Å². The van der Waals surface area contributed by atoms with Gasteiger partial charge in [-0.15, -0.1) is 0 Å². The van der Waals surface area contributed by atoms with Crippen LogP contribution in [0.2, 0.25) is 0 Å². The minimum atomic E-state index is -3.57. The molecule has 0 bridgehead atoms. The van der Waals surface area contributed by atoms with Crippen LogP contribution in [-0.2, 0) is 14.3 Å². The summed E-state index contributed by atoms with van der Waals surface area (Å²) in [4.78, 5) is 35.1. The molecular formula is C23H29F2N5O4. The molecule has 4 rings (SSSR count). The Kier molecular flexibility index (Phi) is 5.99. The van der Waals surface area contributed by atoms with E-state index < -0.39 is 30.3 Å². The average Bonchev–Trinajstić information content (AvgIpc) is 3.12. The fourth-order valence-corrected chi connectivity index (χ4v) is 4.82. The molecule has 1 aromatic rings. The Morgan fingerprint density at radius 2 is 2.09 bits per heavy atom. The Morgan fingerprint density at radius 1 is 1.35 bits per heavy atom. The number of alkyl halides is 2. The normalized spacial score (nSPS) is 25.8. The summed E-state index contributed by atoms with van der Waals surface area (Å²) in [7, 11) is 2.73. The number of hydrogen-bond acceptors (Lipinski definition) is 7. The molecule has 9 nitrogen and oxygen atoms in total. The van der Waals surface area contributed by atoms with Crippen LogP contribution in [0.5, 0.6) is 0 Å². The van der Waals surface area contributed by atoms with E-state index in [9.17, 15) is 23.5 Å². The van der Waals surface area contributed by atoms with E-state index in [4.69, 9.17) is 4.74 Å². The molecule has 2 unspecified atom stereocenters. The van der Waals surface area contributed by atoms with Gasteiger partial charge in [0.15, 0.2) is 5.82 Å². The molecule has 0 spiro atoms. The van der Waals surface area contributed by atoms with Crippen molar-refractivity contribution in [3.63, 3.8) is 0 Å². The SMILES string of the molecule is COC1=CC(C(=O)O)CC=C1Nc1ncc2c(n1)N(C1CCC(C)(C)C1)CC(F)(F)C(=O)N2C. The highest BCUT2D eigenvalue weighted by atomic mass is 19.3. The second-order valence-electron chi connectivity index (χ2n) is 9.82. The smallest absolute Gasteiger partial charge is 0.342 e. The summed E-state index contributed by atoms with van der Waals surface area (Å²) in [5.41, 5.74) is 0.697. The molecule has 34 heavy (non-hydrogen) atoms. The third-order valence-corrected chi connectivity index (χ3v) is 6.73. The number of fused-ring (bicyclic) bond motifs is 1. The fourth-order valence-electron chi connectivity index (χ4n) is 4.82. The quantitative estimate of drug-likeness (QED) is 0.665. The van der Waals surface area contributed by atoms with E-state index in [1.165, 1.54) is 26.4 Å². The molecule has 1 saturated carbocycles. The number of methoxy groups -OCH3 is 1. The molecule has 184 valence electrons. The van der Waals surface area contributed by atoms with Crippen LogP contribution in [-0.4, -0.2) is 59.6 Å². The number of nitrogens with one attached hydrogen (secondary N) is 1. The van der Waals surface area contributed by atoms with Crippen LogP contribution in [0.25, 0.3) is 0 Å². The molecule has 0 aromatic carbocycles. The number of aliphatic carboxylic acids is 1. The monoisotopic (exact) mass is 477 g/mol. The van der Waals surface area contributed by atoms with Crippen LogP contribution in [0.4, 0.5) is 26.2 Å². The average molecular weight is 478 g/mol. The van der Waals surface area contributed by atoms with E-state index in [1.54, 1.807) is 11.0 Å². The molecule has 2 N–H and O–H groups in total. The van der Waals surface area contributed by atoms with Crippen LogP contribution in [0, 0.1) is 11.3 Å². The van der Waals surface area contributed by atoms with Crippen molar-refractivity contribution in [2.45, 2.75) is 51.5 Å². The Bertz CT molecular complexity index is 1070. The molecule has 2 aliphatic carbocycles. The van der Waals surface area contributed by atoms with E-state index in [1.807, 2.05) is 0 Å².